The van der Waals surface area contributed by atoms with Crippen LogP contribution in [0.4, 0.5) is 0 Å². The largest absolute Gasteiger partial charge is 0.480 e. The number of fused-ring (bicyclic) bond motifs is 2. The van der Waals surface area contributed by atoms with Gasteiger partial charge in [-0.05, 0) is 35.2 Å². The molecular weight excluding hydrogens is 636 g/mol. The van der Waals surface area contributed by atoms with Crippen LogP contribution in [0, 0.1) is 0 Å². The summed E-state index contributed by atoms with van der Waals surface area (Å²) in [5.74, 6) is -3.11. The molecule has 0 aliphatic heterocycles. The Morgan fingerprint density at radius 3 is 1.74 bits per heavy atom. The summed E-state index contributed by atoms with van der Waals surface area (Å²) in [6, 6.07) is 19.8. The van der Waals surface area contributed by atoms with E-state index in [1.807, 2.05) is 78.9 Å². The number of para-hydroxylation sites is 2. The van der Waals surface area contributed by atoms with Gasteiger partial charge in [-0.3, -0.25) is 14.4 Å². The van der Waals surface area contributed by atoms with Crippen LogP contribution in [0.2, 0.25) is 0 Å². The molecule has 4 atom stereocenters. The smallest absolute Gasteiger partial charge is 0.326 e. The molecule has 4 unspecified atom stereocenters. The third-order valence-corrected chi connectivity index (χ3v) is 8.69. The Hall–Kier alpha value is -6.21. The number of nitrogens with zero attached hydrogens (tertiary/aromatic N) is 1. The number of benzene rings is 3. The topological polar surface area (TPSA) is 211 Å². The molecule has 256 valence electrons. The molecule has 9 N–H and O–H groups in total. The van der Waals surface area contributed by atoms with Crippen LogP contribution >= 0.6 is 0 Å². The predicted molar refractivity (Wildman–Crippen MR) is 188 cm³/mol. The maximum Gasteiger partial charge on any atom is 0.326 e. The summed E-state index contributed by atoms with van der Waals surface area (Å²) in [4.78, 5) is 66.9. The van der Waals surface area contributed by atoms with E-state index in [1.54, 1.807) is 12.4 Å². The highest BCUT2D eigenvalue weighted by Crippen LogP contribution is 2.21. The third-order valence-electron chi connectivity index (χ3n) is 8.69. The molecule has 0 aliphatic carbocycles. The SMILES string of the molecule is NC(Cc1ccccc1)C(=O)NC(Cc1c[nH]c2ccccc12)C(=O)NC(Cc1cnc[nH]1)C(=O)NC(Cc1c[nH]c2ccccc12)C(=O)O. The van der Waals surface area contributed by atoms with Gasteiger partial charge in [0.1, 0.15) is 18.1 Å². The number of rotatable bonds is 15. The molecule has 13 nitrogen and oxygen atoms in total. The summed E-state index contributed by atoms with van der Waals surface area (Å²) in [6.45, 7) is 0. The van der Waals surface area contributed by atoms with Crippen LogP contribution in [0.15, 0.2) is 104 Å². The van der Waals surface area contributed by atoms with Gasteiger partial charge >= 0.3 is 5.97 Å². The highest BCUT2D eigenvalue weighted by molar-refractivity contribution is 5.95. The van der Waals surface area contributed by atoms with Crippen molar-refractivity contribution in [1.82, 2.24) is 35.9 Å². The normalized spacial score (nSPS) is 13.7. The van der Waals surface area contributed by atoms with Gasteiger partial charge in [-0.15, -0.1) is 0 Å². The summed E-state index contributed by atoms with van der Waals surface area (Å²) in [5, 5.41) is 20.0. The number of carboxylic acids is 1. The highest BCUT2D eigenvalue weighted by atomic mass is 16.4. The van der Waals surface area contributed by atoms with Gasteiger partial charge in [0.2, 0.25) is 17.7 Å². The molecule has 0 bridgehead atoms. The van der Waals surface area contributed by atoms with Crippen LogP contribution in [-0.4, -0.2) is 72.9 Å². The number of aliphatic carboxylic acids is 1. The van der Waals surface area contributed by atoms with Crippen molar-refractivity contribution in [3.05, 3.63) is 126 Å². The second kappa shape index (κ2) is 15.3. The minimum absolute atomic E-state index is 0.00829. The van der Waals surface area contributed by atoms with Gasteiger partial charge in [0, 0.05) is 65.4 Å². The molecule has 0 aliphatic rings. The van der Waals surface area contributed by atoms with Crippen molar-refractivity contribution in [1.29, 1.82) is 0 Å². The molecule has 0 fully saturated rings. The number of aromatic amines is 3. The van der Waals surface area contributed by atoms with Crippen LogP contribution in [0.3, 0.4) is 0 Å². The zero-order valence-electron chi connectivity index (χ0n) is 27.1. The van der Waals surface area contributed by atoms with Gasteiger partial charge in [0.05, 0.1) is 12.4 Å². The second-order valence-electron chi connectivity index (χ2n) is 12.2. The zero-order chi connectivity index (χ0) is 35.0. The summed E-state index contributed by atoms with van der Waals surface area (Å²) in [7, 11) is 0. The highest BCUT2D eigenvalue weighted by Gasteiger charge is 2.32. The number of amides is 3. The molecule has 50 heavy (non-hydrogen) atoms. The number of carbonyl (C=O) groups is 4. The van der Waals surface area contributed by atoms with E-state index in [2.05, 4.69) is 35.9 Å². The number of imidazole rings is 1. The lowest BCUT2D eigenvalue weighted by Crippen LogP contribution is -2.58. The van der Waals surface area contributed by atoms with Gasteiger partial charge in [-0.25, -0.2) is 9.78 Å². The van der Waals surface area contributed by atoms with E-state index in [1.165, 1.54) is 12.5 Å². The van der Waals surface area contributed by atoms with Crippen molar-refractivity contribution in [3.63, 3.8) is 0 Å². The molecule has 0 spiro atoms. The van der Waals surface area contributed by atoms with Crippen LogP contribution in [0.5, 0.6) is 0 Å². The molecule has 0 radical (unpaired) electrons. The average molecular weight is 675 g/mol. The first-order valence-electron chi connectivity index (χ1n) is 16.3. The van der Waals surface area contributed by atoms with E-state index in [0.29, 0.717) is 5.69 Å². The van der Waals surface area contributed by atoms with Crippen molar-refractivity contribution in [2.75, 3.05) is 0 Å². The summed E-state index contributed by atoms with van der Waals surface area (Å²) in [5.41, 5.74) is 10.9. The van der Waals surface area contributed by atoms with Crippen molar-refractivity contribution in [2.45, 2.75) is 49.9 Å². The van der Waals surface area contributed by atoms with Gasteiger partial charge in [0.15, 0.2) is 0 Å². The van der Waals surface area contributed by atoms with E-state index < -0.39 is 47.9 Å². The number of nitrogens with one attached hydrogen (secondary N) is 6. The van der Waals surface area contributed by atoms with E-state index in [9.17, 15) is 24.3 Å². The first-order valence-corrected chi connectivity index (χ1v) is 16.3. The maximum absolute atomic E-state index is 14.1. The van der Waals surface area contributed by atoms with Crippen molar-refractivity contribution < 1.29 is 24.3 Å². The number of H-pyrrole nitrogens is 3. The quantitative estimate of drug-likeness (QED) is 0.0815. The fraction of sp³-hybridized carbons (Fsp3) is 0.216. The number of aromatic nitrogens is 4. The van der Waals surface area contributed by atoms with Crippen LogP contribution in [0.1, 0.15) is 22.4 Å². The van der Waals surface area contributed by atoms with E-state index >= 15 is 0 Å². The second-order valence-corrected chi connectivity index (χ2v) is 12.2. The van der Waals surface area contributed by atoms with Gasteiger partial charge in [0.25, 0.3) is 0 Å². The fourth-order valence-electron chi connectivity index (χ4n) is 6.06. The first kappa shape index (κ1) is 33.7. The molecule has 3 aromatic heterocycles. The monoisotopic (exact) mass is 674 g/mol. The number of carboxylic acid groups (broad SMARTS) is 1. The molecule has 0 saturated heterocycles. The van der Waals surface area contributed by atoms with E-state index in [-0.39, 0.29) is 25.7 Å². The number of hydrogen-bond acceptors (Lipinski definition) is 6. The zero-order valence-corrected chi connectivity index (χ0v) is 27.1. The number of nitrogens with two attached hydrogens (primary N) is 1. The molecule has 3 aromatic carbocycles. The Balaban J connectivity index is 1.23. The molecule has 13 heteroatoms. The van der Waals surface area contributed by atoms with Crippen LogP contribution in [0.25, 0.3) is 21.8 Å². The summed E-state index contributed by atoms with van der Waals surface area (Å²) < 4.78 is 0. The molecule has 6 aromatic rings. The van der Waals surface area contributed by atoms with Gasteiger partial charge < -0.3 is 41.7 Å². The summed E-state index contributed by atoms with van der Waals surface area (Å²) in [6.07, 6.45) is 6.79. The third kappa shape index (κ3) is 8.08. The Morgan fingerprint density at radius 2 is 1.16 bits per heavy atom. The van der Waals surface area contributed by atoms with Crippen LogP contribution < -0.4 is 21.7 Å². The first-order chi connectivity index (χ1) is 24.2. The Labute approximate surface area is 287 Å². The van der Waals surface area contributed by atoms with Gasteiger partial charge in [-0.2, -0.15) is 0 Å². The summed E-state index contributed by atoms with van der Waals surface area (Å²) >= 11 is 0. The molecular formula is C37H38N8O5. The average Bonchev–Trinajstić information content (AvgIpc) is 3.88. The predicted octanol–water partition coefficient (Wildman–Crippen LogP) is 2.51. The van der Waals surface area contributed by atoms with Gasteiger partial charge in [-0.1, -0.05) is 66.7 Å². The fourth-order valence-corrected chi connectivity index (χ4v) is 6.06. The van der Waals surface area contributed by atoms with E-state index in [0.717, 1.165) is 38.5 Å². The minimum atomic E-state index is -1.29. The number of carbonyl (C=O) groups excluding carboxylic acids is 3. The Kier molecular flexibility index (Phi) is 10.3. The lowest BCUT2D eigenvalue weighted by molar-refractivity contribution is -0.142. The van der Waals surface area contributed by atoms with Crippen molar-refractivity contribution >= 4 is 45.5 Å². The van der Waals surface area contributed by atoms with Crippen molar-refractivity contribution in [2.24, 2.45) is 5.73 Å². The lowest BCUT2D eigenvalue weighted by Gasteiger charge is -2.25. The molecule has 3 amide bonds. The van der Waals surface area contributed by atoms with E-state index in [4.69, 9.17) is 5.73 Å². The standard InChI is InChI=1S/C37H38N8O5/c38-28(14-22-8-2-1-3-9-22)34(46)43-31(15-23-18-40-29-12-6-4-10-26(23)29)35(47)44-32(17-25-20-39-21-42-25)36(48)45-33(37(49)50)16-24-19-41-30-13-7-5-11-27(24)30/h1-13,18-21,28,31-33,40-41H,14-17,38H2,(H,39,42)(H,43,46)(H,44,47)(H,45,48)(H,49,50). The maximum atomic E-state index is 14.1. The lowest BCUT2D eigenvalue weighted by atomic mass is 10.0. The molecule has 6 rings (SSSR count). The minimum Gasteiger partial charge on any atom is -0.480 e. The number of hydrogen-bond donors (Lipinski definition) is 8. The Bertz CT molecular complexity index is 2090. The van der Waals surface area contributed by atoms with Crippen LogP contribution in [-0.2, 0) is 44.9 Å². The Morgan fingerprint density at radius 1 is 0.640 bits per heavy atom. The molecule has 0 saturated carbocycles. The van der Waals surface area contributed by atoms with Crippen molar-refractivity contribution in [3.8, 4) is 0 Å². The molecule has 3 heterocycles.